The van der Waals surface area contributed by atoms with Crippen LogP contribution in [0.5, 0.6) is 0 Å². The summed E-state index contributed by atoms with van der Waals surface area (Å²) in [5.74, 6) is 0. The number of hydrogen-bond acceptors (Lipinski definition) is 4. The van der Waals surface area contributed by atoms with Crippen LogP contribution in [0.15, 0.2) is 35.3 Å². The highest BCUT2D eigenvalue weighted by Gasteiger charge is 2.19. The molecular weight excluding hydrogens is 320 g/mol. The molecule has 0 saturated carbocycles. The molecule has 0 fully saturated rings. The maximum absolute atomic E-state index is 12.4. The van der Waals surface area contributed by atoms with Crippen LogP contribution in [0.2, 0.25) is 0 Å². The molecule has 3 N–H and O–H groups in total. The first-order chi connectivity index (χ1) is 11.7. The SMILES string of the molecule is CC(Cn1ncc2ccccc2c1=O)NC(=O)NC(C)CC(C)(C)O. The van der Waals surface area contributed by atoms with E-state index in [9.17, 15) is 14.7 Å². The van der Waals surface area contributed by atoms with Gasteiger partial charge in [-0.25, -0.2) is 9.48 Å². The zero-order valence-corrected chi connectivity index (χ0v) is 15.1. The molecule has 1 aromatic heterocycles. The number of amides is 2. The molecule has 25 heavy (non-hydrogen) atoms. The second-order valence-corrected chi connectivity index (χ2v) is 7.16. The molecule has 0 radical (unpaired) electrons. The van der Waals surface area contributed by atoms with E-state index in [0.29, 0.717) is 11.8 Å². The highest BCUT2D eigenvalue weighted by Crippen LogP contribution is 2.10. The summed E-state index contributed by atoms with van der Waals surface area (Å²) in [6.45, 7) is 7.31. The fourth-order valence-electron chi connectivity index (χ4n) is 2.85. The van der Waals surface area contributed by atoms with Crippen LogP contribution in [0.4, 0.5) is 4.79 Å². The molecule has 7 nitrogen and oxygen atoms in total. The molecule has 0 spiro atoms. The van der Waals surface area contributed by atoms with Gasteiger partial charge in [0.15, 0.2) is 0 Å². The van der Waals surface area contributed by atoms with Crippen LogP contribution in [0.1, 0.15) is 34.1 Å². The molecule has 1 aromatic carbocycles. The molecule has 136 valence electrons. The largest absolute Gasteiger partial charge is 0.390 e. The van der Waals surface area contributed by atoms with Gasteiger partial charge in [0.2, 0.25) is 0 Å². The Morgan fingerprint density at radius 1 is 1.24 bits per heavy atom. The Morgan fingerprint density at radius 2 is 1.88 bits per heavy atom. The number of aromatic nitrogens is 2. The number of aliphatic hydroxyl groups is 1. The maximum Gasteiger partial charge on any atom is 0.315 e. The lowest BCUT2D eigenvalue weighted by Gasteiger charge is -2.24. The predicted molar refractivity (Wildman–Crippen MR) is 97.5 cm³/mol. The Kier molecular flexibility index (Phi) is 5.79. The van der Waals surface area contributed by atoms with Crippen molar-refractivity contribution in [3.05, 3.63) is 40.8 Å². The first-order valence-corrected chi connectivity index (χ1v) is 8.40. The zero-order chi connectivity index (χ0) is 18.6. The van der Waals surface area contributed by atoms with Gasteiger partial charge in [0.05, 0.1) is 23.7 Å². The summed E-state index contributed by atoms with van der Waals surface area (Å²) >= 11 is 0. The minimum atomic E-state index is -0.847. The Balaban J connectivity index is 1.96. The van der Waals surface area contributed by atoms with Gasteiger partial charge in [0, 0.05) is 17.5 Å². The van der Waals surface area contributed by atoms with E-state index in [4.69, 9.17) is 0 Å². The summed E-state index contributed by atoms with van der Waals surface area (Å²) in [5.41, 5.74) is -1.02. The summed E-state index contributed by atoms with van der Waals surface area (Å²) in [4.78, 5) is 24.5. The number of carbonyl (C=O) groups excluding carboxylic acids is 1. The van der Waals surface area contributed by atoms with Gasteiger partial charge in [-0.05, 0) is 40.2 Å². The number of hydrogen-bond donors (Lipinski definition) is 3. The smallest absolute Gasteiger partial charge is 0.315 e. The Morgan fingerprint density at radius 3 is 2.56 bits per heavy atom. The monoisotopic (exact) mass is 346 g/mol. The predicted octanol–water partition coefficient (Wildman–Crippen LogP) is 1.63. The Labute approximate surface area is 147 Å². The first-order valence-electron chi connectivity index (χ1n) is 8.40. The molecule has 2 atom stereocenters. The van der Waals surface area contributed by atoms with E-state index in [2.05, 4.69) is 15.7 Å². The lowest BCUT2D eigenvalue weighted by Crippen LogP contribution is -2.48. The quantitative estimate of drug-likeness (QED) is 0.741. The summed E-state index contributed by atoms with van der Waals surface area (Å²) in [5, 5.41) is 20.9. The molecule has 2 rings (SSSR count). The molecule has 0 aliphatic heterocycles. The Hall–Kier alpha value is -2.41. The van der Waals surface area contributed by atoms with E-state index in [-0.39, 0.29) is 30.2 Å². The maximum atomic E-state index is 12.4. The molecule has 2 aromatic rings. The second-order valence-electron chi connectivity index (χ2n) is 7.16. The van der Waals surface area contributed by atoms with Crippen LogP contribution in [0.25, 0.3) is 10.8 Å². The molecule has 1 heterocycles. The highest BCUT2D eigenvalue weighted by atomic mass is 16.3. The zero-order valence-electron chi connectivity index (χ0n) is 15.1. The second kappa shape index (κ2) is 7.65. The van der Waals surface area contributed by atoms with Crippen molar-refractivity contribution in [1.29, 1.82) is 0 Å². The number of nitrogens with one attached hydrogen (secondary N) is 2. The van der Waals surface area contributed by atoms with Crippen molar-refractivity contribution in [2.45, 2.75) is 58.3 Å². The average molecular weight is 346 g/mol. The lowest BCUT2D eigenvalue weighted by atomic mass is 10.0. The van der Waals surface area contributed by atoms with Crippen LogP contribution < -0.4 is 16.2 Å². The topological polar surface area (TPSA) is 96.2 Å². The number of rotatable bonds is 6. The van der Waals surface area contributed by atoms with Gasteiger partial charge in [0.25, 0.3) is 5.56 Å². The molecule has 7 heteroatoms. The van der Waals surface area contributed by atoms with E-state index in [1.54, 1.807) is 26.1 Å². The average Bonchev–Trinajstić information content (AvgIpc) is 2.48. The summed E-state index contributed by atoms with van der Waals surface area (Å²) in [6.07, 6.45) is 2.09. The van der Waals surface area contributed by atoms with Crippen molar-refractivity contribution in [1.82, 2.24) is 20.4 Å². The molecule has 2 unspecified atom stereocenters. The summed E-state index contributed by atoms with van der Waals surface area (Å²) in [7, 11) is 0. The van der Waals surface area contributed by atoms with Gasteiger partial charge in [0.1, 0.15) is 0 Å². The van der Waals surface area contributed by atoms with Crippen molar-refractivity contribution in [3.8, 4) is 0 Å². The van der Waals surface area contributed by atoms with Gasteiger partial charge in [-0.3, -0.25) is 4.79 Å². The molecule has 0 aliphatic carbocycles. The summed E-state index contributed by atoms with van der Waals surface area (Å²) < 4.78 is 1.35. The van der Waals surface area contributed by atoms with Gasteiger partial charge in [-0.1, -0.05) is 18.2 Å². The van der Waals surface area contributed by atoms with E-state index >= 15 is 0 Å². The number of carbonyl (C=O) groups is 1. The van der Waals surface area contributed by atoms with E-state index in [1.807, 2.05) is 32.0 Å². The van der Waals surface area contributed by atoms with Crippen LogP contribution in [-0.4, -0.2) is 38.6 Å². The number of urea groups is 1. The fourth-order valence-corrected chi connectivity index (χ4v) is 2.85. The van der Waals surface area contributed by atoms with Crippen molar-refractivity contribution >= 4 is 16.8 Å². The van der Waals surface area contributed by atoms with Gasteiger partial charge < -0.3 is 15.7 Å². The normalized spacial score (nSPS) is 14.1. The van der Waals surface area contributed by atoms with Crippen molar-refractivity contribution in [2.24, 2.45) is 0 Å². The van der Waals surface area contributed by atoms with E-state index in [1.165, 1.54) is 4.68 Å². The van der Waals surface area contributed by atoms with Gasteiger partial charge in [-0.2, -0.15) is 5.10 Å². The van der Waals surface area contributed by atoms with Crippen LogP contribution in [0.3, 0.4) is 0 Å². The third-order valence-electron chi connectivity index (χ3n) is 3.77. The first kappa shape index (κ1) is 18.9. The number of benzene rings is 1. The van der Waals surface area contributed by atoms with Crippen molar-refractivity contribution < 1.29 is 9.90 Å². The standard InChI is InChI=1S/C18H26N4O3/c1-12(9-18(3,4)25)20-17(24)21-13(2)11-22-16(23)15-8-6-5-7-14(15)10-19-22/h5-8,10,12-13,25H,9,11H2,1-4H3,(H2,20,21,24). The number of fused-ring (bicyclic) bond motifs is 1. The minimum Gasteiger partial charge on any atom is -0.390 e. The highest BCUT2D eigenvalue weighted by molar-refractivity contribution is 5.80. The van der Waals surface area contributed by atoms with Crippen LogP contribution in [-0.2, 0) is 6.54 Å². The Bertz CT molecular complexity index is 795. The van der Waals surface area contributed by atoms with E-state index in [0.717, 1.165) is 5.39 Å². The van der Waals surface area contributed by atoms with E-state index < -0.39 is 5.60 Å². The van der Waals surface area contributed by atoms with Crippen LogP contribution in [0, 0.1) is 0 Å². The molecular formula is C18H26N4O3. The molecule has 2 amide bonds. The molecule has 0 bridgehead atoms. The minimum absolute atomic E-state index is 0.172. The number of nitrogens with zero attached hydrogens (tertiary/aromatic N) is 2. The fraction of sp³-hybridized carbons (Fsp3) is 0.500. The van der Waals surface area contributed by atoms with Crippen molar-refractivity contribution in [3.63, 3.8) is 0 Å². The van der Waals surface area contributed by atoms with Crippen LogP contribution >= 0.6 is 0 Å². The van der Waals surface area contributed by atoms with Gasteiger partial charge in [-0.15, -0.1) is 0 Å². The third kappa shape index (κ3) is 5.56. The third-order valence-corrected chi connectivity index (χ3v) is 3.77. The van der Waals surface area contributed by atoms with Gasteiger partial charge >= 0.3 is 6.03 Å². The summed E-state index contributed by atoms with van der Waals surface area (Å²) in [6, 6.07) is 6.49. The molecule has 0 saturated heterocycles. The van der Waals surface area contributed by atoms with Crippen molar-refractivity contribution in [2.75, 3.05) is 0 Å². The molecule has 0 aliphatic rings. The lowest BCUT2D eigenvalue weighted by molar-refractivity contribution is 0.0624.